The first-order valence-electron chi connectivity index (χ1n) is 8.35. The predicted molar refractivity (Wildman–Crippen MR) is 97.9 cm³/mol. The molecule has 0 saturated carbocycles. The van der Waals surface area contributed by atoms with Gasteiger partial charge in [-0.15, -0.1) is 0 Å². The van der Waals surface area contributed by atoms with E-state index in [1.54, 1.807) is 48.8 Å². The van der Waals surface area contributed by atoms with Crippen molar-refractivity contribution < 1.29 is 13.2 Å². The second kappa shape index (κ2) is 8.20. The van der Waals surface area contributed by atoms with E-state index in [0.29, 0.717) is 25.9 Å². The molecule has 0 atom stereocenters. The van der Waals surface area contributed by atoms with Crippen LogP contribution in [0.5, 0.6) is 0 Å². The standard InChI is InChI=1S/C18H20N4O3S/c23-18(21-20-14-15-5-4-10-19-13-15)16-8-11-22(12-9-16)26(24,25)17-6-2-1-3-7-17/h1-7,10,13-14,16H,8-9,11-12H2,(H,21,23)/b20-14-. The van der Waals surface area contributed by atoms with Gasteiger partial charge in [-0.1, -0.05) is 24.3 Å². The van der Waals surface area contributed by atoms with Crippen molar-refractivity contribution in [1.29, 1.82) is 0 Å². The van der Waals surface area contributed by atoms with E-state index in [-0.39, 0.29) is 16.7 Å². The molecule has 0 spiro atoms. The lowest BCUT2D eigenvalue weighted by Gasteiger charge is -2.30. The monoisotopic (exact) mass is 372 g/mol. The quantitative estimate of drug-likeness (QED) is 0.638. The molecular weight excluding hydrogens is 352 g/mol. The SMILES string of the molecule is O=C(N/N=C\c1cccnc1)C1CCN(S(=O)(=O)c2ccccc2)CC1. The summed E-state index contributed by atoms with van der Waals surface area (Å²) in [5.41, 5.74) is 3.31. The Hall–Kier alpha value is -2.58. The second-order valence-electron chi connectivity index (χ2n) is 6.01. The van der Waals surface area contributed by atoms with Crippen LogP contribution >= 0.6 is 0 Å². The number of sulfonamides is 1. The zero-order chi connectivity index (χ0) is 18.4. The number of carbonyl (C=O) groups is 1. The zero-order valence-electron chi connectivity index (χ0n) is 14.2. The van der Waals surface area contributed by atoms with Gasteiger partial charge in [-0.25, -0.2) is 13.8 Å². The zero-order valence-corrected chi connectivity index (χ0v) is 15.0. The Morgan fingerprint density at radius 2 is 1.88 bits per heavy atom. The molecule has 8 heteroatoms. The Balaban J connectivity index is 1.53. The van der Waals surface area contributed by atoms with Gasteiger partial charge in [0.2, 0.25) is 15.9 Å². The minimum atomic E-state index is -3.50. The van der Waals surface area contributed by atoms with Crippen LogP contribution in [0.2, 0.25) is 0 Å². The molecule has 2 heterocycles. The highest BCUT2D eigenvalue weighted by atomic mass is 32.2. The van der Waals surface area contributed by atoms with Crippen molar-refractivity contribution in [3.05, 3.63) is 60.4 Å². The van der Waals surface area contributed by atoms with Gasteiger partial charge < -0.3 is 0 Å². The van der Waals surface area contributed by atoms with Crippen LogP contribution in [0.3, 0.4) is 0 Å². The van der Waals surface area contributed by atoms with Crippen molar-refractivity contribution in [1.82, 2.24) is 14.7 Å². The van der Waals surface area contributed by atoms with Crippen molar-refractivity contribution in [3.63, 3.8) is 0 Å². The van der Waals surface area contributed by atoms with E-state index < -0.39 is 10.0 Å². The normalized spacial score (nSPS) is 16.6. The lowest BCUT2D eigenvalue weighted by molar-refractivity contribution is -0.126. The minimum absolute atomic E-state index is 0.193. The number of carbonyl (C=O) groups excluding carboxylic acids is 1. The van der Waals surface area contributed by atoms with E-state index in [4.69, 9.17) is 0 Å². The number of aromatic nitrogens is 1. The molecule has 2 aromatic rings. The smallest absolute Gasteiger partial charge is 0.243 e. The summed E-state index contributed by atoms with van der Waals surface area (Å²) in [7, 11) is -3.50. The Labute approximate surface area is 152 Å². The average molecular weight is 372 g/mol. The number of benzene rings is 1. The summed E-state index contributed by atoms with van der Waals surface area (Å²) in [4.78, 5) is 16.4. The van der Waals surface area contributed by atoms with Crippen molar-refractivity contribution in [2.45, 2.75) is 17.7 Å². The molecule has 1 N–H and O–H groups in total. The highest BCUT2D eigenvalue weighted by Gasteiger charge is 2.31. The third kappa shape index (κ3) is 4.33. The number of nitrogens with zero attached hydrogens (tertiary/aromatic N) is 3. The van der Waals surface area contributed by atoms with E-state index >= 15 is 0 Å². The summed E-state index contributed by atoms with van der Waals surface area (Å²) in [5.74, 6) is -0.440. The Morgan fingerprint density at radius 1 is 1.15 bits per heavy atom. The van der Waals surface area contributed by atoms with Crippen LogP contribution in [0, 0.1) is 5.92 Å². The van der Waals surface area contributed by atoms with Crippen molar-refractivity contribution in [2.75, 3.05) is 13.1 Å². The van der Waals surface area contributed by atoms with Crippen LogP contribution in [0.1, 0.15) is 18.4 Å². The molecule has 26 heavy (non-hydrogen) atoms. The van der Waals surface area contributed by atoms with Crippen LogP contribution in [-0.2, 0) is 14.8 Å². The fraction of sp³-hybridized carbons (Fsp3) is 0.278. The summed E-state index contributed by atoms with van der Waals surface area (Å²) in [6, 6.07) is 12.0. The van der Waals surface area contributed by atoms with Crippen LogP contribution in [0.15, 0.2) is 64.9 Å². The molecule has 136 valence electrons. The summed E-state index contributed by atoms with van der Waals surface area (Å²) < 4.78 is 26.6. The van der Waals surface area contributed by atoms with Gasteiger partial charge in [0.15, 0.2) is 0 Å². The predicted octanol–water partition coefficient (Wildman–Crippen LogP) is 1.63. The molecule has 1 aromatic heterocycles. The van der Waals surface area contributed by atoms with E-state index in [9.17, 15) is 13.2 Å². The second-order valence-corrected chi connectivity index (χ2v) is 7.95. The maximum Gasteiger partial charge on any atom is 0.243 e. The van der Waals surface area contributed by atoms with E-state index in [1.165, 1.54) is 10.5 Å². The molecular formula is C18H20N4O3S. The topological polar surface area (TPSA) is 91.7 Å². The van der Waals surface area contributed by atoms with Crippen molar-refractivity contribution >= 4 is 22.1 Å². The van der Waals surface area contributed by atoms with Gasteiger partial charge in [0.05, 0.1) is 11.1 Å². The van der Waals surface area contributed by atoms with Crippen LogP contribution < -0.4 is 5.43 Å². The maximum absolute atomic E-state index is 12.6. The maximum atomic E-state index is 12.6. The summed E-state index contributed by atoms with van der Waals surface area (Å²) in [6.45, 7) is 0.642. The van der Waals surface area contributed by atoms with Crippen LogP contribution in [0.25, 0.3) is 0 Å². The lowest BCUT2D eigenvalue weighted by Crippen LogP contribution is -2.42. The van der Waals surface area contributed by atoms with Crippen LogP contribution in [0.4, 0.5) is 0 Å². The van der Waals surface area contributed by atoms with Gasteiger partial charge >= 0.3 is 0 Å². The Morgan fingerprint density at radius 3 is 2.54 bits per heavy atom. The summed E-state index contributed by atoms with van der Waals surface area (Å²) in [5, 5.41) is 3.94. The van der Waals surface area contributed by atoms with Gasteiger partial charge in [-0.2, -0.15) is 9.41 Å². The van der Waals surface area contributed by atoms with E-state index in [2.05, 4.69) is 15.5 Å². The van der Waals surface area contributed by atoms with E-state index in [0.717, 1.165) is 5.56 Å². The average Bonchev–Trinajstić information content (AvgIpc) is 2.69. The molecule has 1 saturated heterocycles. The molecule has 7 nitrogen and oxygen atoms in total. The Bertz CT molecular complexity index is 862. The number of rotatable bonds is 5. The third-order valence-electron chi connectivity index (χ3n) is 4.28. The molecule has 1 aromatic carbocycles. The first kappa shape index (κ1) is 18.2. The van der Waals surface area contributed by atoms with Gasteiger partial charge in [0.25, 0.3) is 0 Å². The minimum Gasteiger partial charge on any atom is -0.273 e. The first-order chi connectivity index (χ1) is 12.6. The number of amides is 1. The number of pyridine rings is 1. The largest absolute Gasteiger partial charge is 0.273 e. The summed E-state index contributed by atoms with van der Waals surface area (Å²) >= 11 is 0. The van der Waals surface area contributed by atoms with Gasteiger partial charge in [-0.05, 0) is 31.0 Å². The van der Waals surface area contributed by atoms with Crippen molar-refractivity contribution in [2.24, 2.45) is 11.0 Å². The molecule has 1 fully saturated rings. The van der Waals surface area contributed by atoms with Gasteiger partial charge in [0, 0.05) is 37.0 Å². The Kier molecular flexibility index (Phi) is 5.75. The fourth-order valence-electron chi connectivity index (χ4n) is 2.81. The molecule has 0 aliphatic carbocycles. The molecule has 3 rings (SSSR count). The molecule has 0 unspecified atom stereocenters. The fourth-order valence-corrected chi connectivity index (χ4v) is 4.30. The highest BCUT2D eigenvalue weighted by molar-refractivity contribution is 7.89. The number of piperidine rings is 1. The lowest BCUT2D eigenvalue weighted by atomic mass is 9.98. The number of hydrogen-bond acceptors (Lipinski definition) is 5. The molecule has 1 amide bonds. The van der Waals surface area contributed by atoms with Gasteiger partial charge in [0.1, 0.15) is 0 Å². The molecule has 1 aliphatic rings. The first-order valence-corrected chi connectivity index (χ1v) is 9.79. The highest BCUT2D eigenvalue weighted by Crippen LogP contribution is 2.23. The van der Waals surface area contributed by atoms with Crippen molar-refractivity contribution in [3.8, 4) is 0 Å². The number of hydrazone groups is 1. The molecule has 0 bridgehead atoms. The van der Waals surface area contributed by atoms with E-state index in [1.807, 2.05) is 6.07 Å². The molecule has 0 radical (unpaired) electrons. The summed E-state index contributed by atoms with van der Waals surface area (Å²) in [6.07, 6.45) is 5.77. The number of nitrogens with one attached hydrogen (secondary N) is 1. The number of hydrogen-bond donors (Lipinski definition) is 1. The molecule has 1 aliphatic heterocycles. The van der Waals surface area contributed by atoms with Crippen LogP contribution in [-0.4, -0.2) is 42.9 Å². The van der Waals surface area contributed by atoms with Gasteiger partial charge in [-0.3, -0.25) is 9.78 Å². The third-order valence-corrected chi connectivity index (χ3v) is 6.19.